The van der Waals surface area contributed by atoms with Crippen LogP contribution in [-0.2, 0) is 42.1 Å². The number of hydrogen-bond donors (Lipinski definition) is 0. The Labute approximate surface area is 431 Å². The first-order valence-electron chi connectivity index (χ1n) is 21.8. The van der Waals surface area contributed by atoms with E-state index in [0.717, 1.165) is 57.1 Å². The zero-order chi connectivity index (χ0) is 45.8. The number of anilines is 6. The van der Waals surface area contributed by atoms with E-state index in [4.69, 9.17) is 0 Å². The van der Waals surface area contributed by atoms with E-state index in [1.807, 2.05) is 194 Å². The van der Waals surface area contributed by atoms with E-state index in [1.54, 1.807) is 12.7 Å². The summed E-state index contributed by atoms with van der Waals surface area (Å²) in [6, 6.07) is 70.3. The Balaban J connectivity index is 0.000000168. The van der Waals surface area contributed by atoms with E-state index in [2.05, 4.69) is 115 Å². The van der Waals surface area contributed by atoms with Crippen LogP contribution in [0.3, 0.4) is 0 Å². The molecule has 68 heavy (non-hydrogen) atoms. The van der Waals surface area contributed by atoms with Gasteiger partial charge in [-0.15, -0.1) is 24.7 Å². The average Bonchev–Trinajstić information content (AvgIpc) is 3.97. The molecule has 0 radical (unpaired) electrons. The van der Waals surface area contributed by atoms with Crippen LogP contribution in [0, 0.1) is 25.5 Å². The van der Waals surface area contributed by atoms with Gasteiger partial charge in [0.05, 0.1) is 0 Å². The molecule has 4 heterocycles. The molecule has 0 saturated carbocycles. The Morgan fingerprint density at radius 3 is 1.15 bits per heavy atom. The van der Waals surface area contributed by atoms with Crippen molar-refractivity contribution in [3.8, 4) is 0 Å². The monoisotopic (exact) mass is 1250 g/mol. The first kappa shape index (κ1) is 52.1. The molecule has 0 unspecified atom stereocenters. The van der Waals surface area contributed by atoms with Gasteiger partial charge in [-0.2, -0.15) is 60.7 Å². The van der Waals surface area contributed by atoms with Crippen molar-refractivity contribution in [2.24, 2.45) is 9.98 Å². The van der Waals surface area contributed by atoms with E-state index < -0.39 is 0 Å². The van der Waals surface area contributed by atoms with Crippen molar-refractivity contribution >= 4 is 69.8 Å². The van der Waals surface area contributed by atoms with Gasteiger partial charge in [0.1, 0.15) is 11.6 Å². The van der Waals surface area contributed by atoms with Crippen LogP contribution in [-0.4, -0.2) is 34.7 Å². The van der Waals surface area contributed by atoms with E-state index in [9.17, 15) is 0 Å². The fourth-order valence-corrected chi connectivity index (χ4v) is 6.66. The average molecular weight is 1260 g/mol. The molecule has 12 heteroatoms. The van der Waals surface area contributed by atoms with Gasteiger partial charge in [0.25, 0.3) is 0 Å². The van der Waals surface area contributed by atoms with Crippen LogP contribution in [0.1, 0.15) is 27.7 Å². The van der Waals surface area contributed by atoms with E-state index in [1.165, 1.54) is 0 Å². The van der Waals surface area contributed by atoms with Crippen LogP contribution in [0.15, 0.2) is 217 Å². The molecular formula is C56H52N10Pt2-6. The van der Waals surface area contributed by atoms with Crippen LogP contribution in [0.5, 0.6) is 0 Å². The molecule has 2 aliphatic rings. The van der Waals surface area contributed by atoms with Gasteiger partial charge in [-0.3, -0.25) is 0 Å². The van der Waals surface area contributed by atoms with Gasteiger partial charge in [-0.25, -0.2) is 9.97 Å². The molecule has 10 nitrogen and oxygen atoms in total. The Bertz CT molecular complexity index is 2490. The van der Waals surface area contributed by atoms with Gasteiger partial charge in [-0.1, -0.05) is 134 Å². The van der Waals surface area contributed by atoms with Gasteiger partial charge in [0, 0.05) is 65.9 Å². The summed E-state index contributed by atoms with van der Waals surface area (Å²) in [7, 11) is 0. The number of para-hydroxylation sites is 6. The Morgan fingerprint density at radius 2 is 0.809 bits per heavy atom. The molecule has 6 aromatic carbocycles. The Hall–Kier alpha value is -6.86. The number of benzene rings is 6. The molecule has 0 N–H and O–H groups in total. The van der Waals surface area contributed by atoms with Gasteiger partial charge in [-0.05, 0) is 86.8 Å². The fraction of sp³-hybridized carbons (Fsp3) is 0.107. The molecule has 0 spiro atoms. The summed E-state index contributed by atoms with van der Waals surface area (Å²) < 4.78 is 0. The maximum absolute atomic E-state index is 4.48. The number of fused-ring (bicyclic) bond motifs is 2. The van der Waals surface area contributed by atoms with E-state index in [0.29, 0.717) is 12.1 Å². The summed E-state index contributed by atoms with van der Waals surface area (Å²) in [6.45, 7) is 12.9. The summed E-state index contributed by atoms with van der Waals surface area (Å²) in [5.41, 5.74) is 7.97. The van der Waals surface area contributed by atoms with Crippen molar-refractivity contribution in [2.75, 3.05) is 19.6 Å². The van der Waals surface area contributed by atoms with Gasteiger partial charge >= 0.3 is 0 Å². The maximum Gasteiger partial charge on any atom is 0.124 e. The second kappa shape index (κ2) is 27.7. The molecule has 10 rings (SSSR count). The standard InChI is InChI=1S/2C15H15N3.2C13H11N2.2Pt/c2*1-12(2)17-11-18(13-7-4-3-5-8-13)15-14(17)9-6-10-16-15;2*1-3-7-12(8-4-1)14-11-15-13-9-5-2-6-10-13;;/h2*3-7,9-12H,1-2H3;2*1-11H;;/q2*-2;2*-1;;. The maximum atomic E-state index is 4.48. The van der Waals surface area contributed by atoms with Crippen LogP contribution in [0.2, 0.25) is 0 Å². The predicted octanol–water partition coefficient (Wildman–Crippen LogP) is 14.8. The molecule has 8 aromatic rings. The van der Waals surface area contributed by atoms with Crippen molar-refractivity contribution in [3.63, 3.8) is 0 Å². The van der Waals surface area contributed by atoms with Crippen molar-refractivity contribution in [2.45, 2.75) is 39.8 Å². The fourth-order valence-electron chi connectivity index (χ4n) is 6.66. The van der Waals surface area contributed by atoms with E-state index in [-0.39, 0.29) is 42.1 Å². The van der Waals surface area contributed by atoms with Gasteiger partial charge < -0.3 is 40.2 Å². The van der Waals surface area contributed by atoms with Gasteiger partial charge in [0.2, 0.25) is 0 Å². The number of nitrogens with zero attached hydrogens (tertiary/aromatic N) is 10. The number of aromatic nitrogens is 2. The second-order valence-electron chi connectivity index (χ2n) is 15.3. The second-order valence-corrected chi connectivity index (χ2v) is 15.3. The van der Waals surface area contributed by atoms with Crippen molar-refractivity contribution in [3.05, 3.63) is 243 Å². The smallest absolute Gasteiger partial charge is 0.124 e. The Morgan fingerprint density at radius 1 is 0.456 bits per heavy atom. The first-order chi connectivity index (χ1) is 32.4. The van der Waals surface area contributed by atoms with Crippen molar-refractivity contribution in [1.29, 1.82) is 0 Å². The SMILES string of the molecule is C(=Nc1ccccc1)[N-]c1ccccc1.C(=Nc1ccccc1)[N-]c1ccccc1.CC(C)N1[CH-]N(c2[c-]cccc2)c2ncccc21.CC(C)N1[CH-]N(c2[c-]cccc2)c2ncccc21.[Pt].[Pt]. The molecule has 2 aliphatic heterocycles. The number of aliphatic imine (C=N–C) groups is 2. The first-order valence-corrected chi connectivity index (χ1v) is 21.8. The van der Waals surface area contributed by atoms with Crippen LogP contribution in [0.4, 0.5) is 57.1 Å². The summed E-state index contributed by atoms with van der Waals surface area (Å²) >= 11 is 0. The Kier molecular flexibility index (Phi) is 21.2. The quantitative estimate of drug-likeness (QED) is 0.0770. The zero-order valence-corrected chi connectivity index (χ0v) is 42.7. The number of pyridine rings is 2. The topological polar surface area (TPSA) is 91.7 Å². The third-order valence-electron chi connectivity index (χ3n) is 9.89. The molecule has 0 bridgehead atoms. The summed E-state index contributed by atoms with van der Waals surface area (Å²) in [6.07, 6.45) is 6.80. The minimum absolute atomic E-state index is 0. The number of hydrogen-bond acceptors (Lipinski definition) is 8. The molecule has 0 atom stereocenters. The van der Waals surface area contributed by atoms with Crippen LogP contribution in [0.25, 0.3) is 10.6 Å². The van der Waals surface area contributed by atoms with Crippen molar-refractivity contribution in [1.82, 2.24) is 9.97 Å². The summed E-state index contributed by atoms with van der Waals surface area (Å²) in [4.78, 5) is 26.0. The minimum atomic E-state index is 0. The van der Waals surface area contributed by atoms with Crippen LogP contribution < -0.4 is 19.6 Å². The molecule has 0 fully saturated rings. The predicted molar refractivity (Wildman–Crippen MR) is 275 cm³/mol. The molecule has 0 saturated heterocycles. The summed E-state index contributed by atoms with van der Waals surface area (Å²) in [5.74, 6) is 1.93. The molecule has 352 valence electrons. The normalized spacial score (nSPS) is 12.1. The minimum Gasteiger partial charge on any atom is -0.498 e. The zero-order valence-electron chi connectivity index (χ0n) is 38.2. The van der Waals surface area contributed by atoms with Crippen LogP contribution >= 0.6 is 0 Å². The van der Waals surface area contributed by atoms with E-state index >= 15 is 0 Å². The van der Waals surface area contributed by atoms with Crippen molar-refractivity contribution < 1.29 is 42.1 Å². The molecule has 2 aromatic heterocycles. The number of rotatable bonds is 10. The largest absolute Gasteiger partial charge is 0.498 e. The molecular weight excluding hydrogens is 1200 g/mol. The third-order valence-corrected chi connectivity index (χ3v) is 9.89. The molecule has 0 amide bonds. The summed E-state index contributed by atoms with van der Waals surface area (Å²) in [5, 5.41) is 8.42. The van der Waals surface area contributed by atoms with Gasteiger partial charge in [0.15, 0.2) is 0 Å². The third kappa shape index (κ3) is 15.1. The molecule has 0 aliphatic carbocycles.